The van der Waals surface area contributed by atoms with E-state index in [4.69, 9.17) is 19.0 Å². The van der Waals surface area contributed by atoms with Crippen LogP contribution in [-0.2, 0) is 13.3 Å². The Hall–Kier alpha value is 0.0569. The Morgan fingerprint density at radius 3 is 1.77 bits per heavy atom. The first-order chi connectivity index (χ1) is 6.24. The van der Waals surface area contributed by atoms with E-state index in [1.807, 2.05) is 13.8 Å². The number of nitrogens with two attached hydrogens (primary N) is 1. The van der Waals surface area contributed by atoms with E-state index in [0.29, 0.717) is 19.4 Å². The third-order valence-electron chi connectivity index (χ3n) is 1.61. The molecular formula is C8H21NO3Si. The normalized spacial score (nSPS) is 12.0. The molecule has 0 radical (unpaired) electrons. The summed E-state index contributed by atoms with van der Waals surface area (Å²) in [5.41, 5.74) is 5.59. The second-order valence-corrected chi connectivity index (χ2v) is 5.55. The van der Waals surface area contributed by atoms with E-state index >= 15 is 0 Å². The predicted octanol–water partition coefficient (Wildman–Crippen LogP) is 0.923. The van der Waals surface area contributed by atoms with E-state index in [1.165, 1.54) is 0 Å². The highest BCUT2D eigenvalue weighted by molar-refractivity contribution is 6.60. The first kappa shape index (κ1) is 13.1. The van der Waals surface area contributed by atoms with Crippen molar-refractivity contribution in [1.29, 1.82) is 0 Å². The van der Waals surface area contributed by atoms with Crippen molar-refractivity contribution in [2.45, 2.75) is 26.7 Å². The predicted molar refractivity (Wildman–Crippen MR) is 54.3 cm³/mol. The van der Waals surface area contributed by atoms with Crippen molar-refractivity contribution < 1.29 is 13.3 Å². The Balaban J connectivity index is 3.97. The average molecular weight is 207 g/mol. The molecule has 0 unspecified atom stereocenters. The fourth-order valence-electron chi connectivity index (χ4n) is 0.876. The van der Waals surface area contributed by atoms with E-state index in [2.05, 4.69) is 0 Å². The highest BCUT2D eigenvalue weighted by Crippen LogP contribution is 2.07. The van der Waals surface area contributed by atoms with Gasteiger partial charge in [-0.05, 0) is 12.8 Å². The Kier molecular flexibility index (Phi) is 7.49. The fraction of sp³-hybridized carbons (Fsp3) is 1.00. The lowest BCUT2D eigenvalue weighted by Gasteiger charge is -2.26. The van der Waals surface area contributed by atoms with Gasteiger partial charge >= 0.3 is 8.80 Å². The molecule has 0 aliphatic rings. The van der Waals surface area contributed by atoms with Gasteiger partial charge in [0.1, 0.15) is 0 Å². The molecule has 0 aromatic rings. The SMILES string of the molecule is CCCO[Si](CN)(OC)OCCC. The van der Waals surface area contributed by atoms with Gasteiger partial charge in [-0.25, -0.2) is 0 Å². The topological polar surface area (TPSA) is 53.7 Å². The van der Waals surface area contributed by atoms with Gasteiger partial charge in [0.05, 0.1) is 6.17 Å². The minimum atomic E-state index is -2.51. The van der Waals surface area contributed by atoms with E-state index in [9.17, 15) is 0 Å². The molecule has 80 valence electrons. The molecule has 0 spiro atoms. The van der Waals surface area contributed by atoms with Gasteiger partial charge in [-0.15, -0.1) is 0 Å². The van der Waals surface area contributed by atoms with Crippen LogP contribution in [0.25, 0.3) is 0 Å². The molecule has 0 aliphatic heterocycles. The third kappa shape index (κ3) is 4.73. The monoisotopic (exact) mass is 207 g/mol. The molecule has 0 bridgehead atoms. The zero-order valence-corrected chi connectivity index (χ0v) is 9.84. The molecule has 0 rings (SSSR count). The molecule has 0 saturated heterocycles. The highest BCUT2D eigenvalue weighted by Gasteiger charge is 2.38. The molecule has 0 amide bonds. The average Bonchev–Trinajstić information content (AvgIpc) is 2.20. The van der Waals surface area contributed by atoms with Gasteiger partial charge in [0.2, 0.25) is 0 Å². The maximum Gasteiger partial charge on any atom is 0.514 e. The first-order valence-corrected chi connectivity index (χ1v) is 6.71. The molecule has 2 N–H and O–H groups in total. The summed E-state index contributed by atoms with van der Waals surface area (Å²) in [6.07, 6.45) is 2.25. The van der Waals surface area contributed by atoms with Crippen LogP contribution in [0.3, 0.4) is 0 Å². The van der Waals surface area contributed by atoms with Crippen molar-refractivity contribution in [2.24, 2.45) is 5.73 Å². The smallest absolute Gasteiger partial charge is 0.376 e. The van der Waals surface area contributed by atoms with Gasteiger partial charge in [-0.2, -0.15) is 0 Å². The van der Waals surface area contributed by atoms with Crippen molar-refractivity contribution in [3.8, 4) is 0 Å². The number of hydrogen-bond acceptors (Lipinski definition) is 4. The van der Waals surface area contributed by atoms with Crippen LogP contribution in [0.5, 0.6) is 0 Å². The highest BCUT2D eigenvalue weighted by atomic mass is 28.4. The molecule has 13 heavy (non-hydrogen) atoms. The molecule has 0 aliphatic carbocycles. The largest absolute Gasteiger partial charge is 0.514 e. The first-order valence-electron chi connectivity index (χ1n) is 4.77. The summed E-state index contributed by atoms with van der Waals surface area (Å²) in [6.45, 7) is 5.40. The van der Waals surface area contributed by atoms with E-state index in [1.54, 1.807) is 7.11 Å². The molecule has 0 saturated carbocycles. The summed E-state index contributed by atoms with van der Waals surface area (Å²) in [7, 11) is -0.906. The summed E-state index contributed by atoms with van der Waals surface area (Å²) in [5.74, 6) is 0. The van der Waals surface area contributed by atoms with Gasteiger partial charge in [-0.3, -0.25) is 0 Å². The summed E-state index contributed by atoms with van der Waals surface area (Å²) in [6, 6.07) is 0. The molecule has 0 fully saturated rings. The van der Waals surface area contributed by atoms with Crippen molar-refractivity contribution in [2.75, 3.05) is 26.5 Å². The Bertz CT molecular complexity index is 110. The molecule has 0 heterocycles. The molecule has 4 nitrogen and oxygen atoms in total. The third-order valence-corrected chi connectivity index (χ3v) is 4.02. The van der Waals surface area contributed by atoms with Crippen LogP contribution in [0.4, 0.5) is 0 Å². The maximum absolute atomic E-state index is 5.59. The second-order valence-electron chi connectivity index (χ2n) is 2.79. The Morgan fingerprint density at radius 2 is 1.54 bits per heavy atom. The van der Waals surface area contributed by atoms with E-state index in [0.717, 1.165) is 12.8 Å². The van der Waals surface area contributed by atoms with E-state index in [-0.39, 0.29) is 0 Å². The van der Waals surface area contributed by atoms with Crippen LogP contribution in [0, 0.1) is 0 Å². The van der Waals surface area contributed by atoms with Crippen LogP contribution in [0.2, 0.25) is 0 Å². The zero-order chi connectivity index (χ0) is 10.2. The second kappa shape index (κ2) is 7.46. The Morgan fingerprint density at radius 1 is 1.08 bits per heavy atom. The van der Waals surface area contributed by atoms with Crippen LogP contribution in [0.1, 0.15) is 26.7 Å². The number of hydrogen-bond donors (Lipinski definition) is 1. The molecule has 0 atom stereocenters. The van der Waals surface area contributed by atoms with Gasteiger partial charge in [-0.1, -0.05) is 13.8 Å². The lowest BCUT2D eigenvalue weighted by Crippen LogP contribution is -2.52. The minimum Gasteiger partial charge on any atom is -0.376 e. The molecule has 5 heteroatoms. The molecular weight excluding hydrogens is 186 g/mol. The van der Waals surface area contributed by atoms with Crippen LogP contribution in [-0.4, -0.2) is 35.3 Å². The quantitative estimate of drug-likeness (QED) is 0.601. The summed E-state index contributed by atoms with van der Waals surface area (Å²) in [4.78, 5) is 0. The van der Waals surface area contributed by atoms with Gasteiger partial charge in [0, 0.05) is 20.3 Å². The maximum atomic E-state index is 5.59. The minimum absolute atomic E-state index is 0.351. The molecule has 0 aromatic carbocycles. The summed E-state index contributed by atoms with van der Waals surface area (Å²) in [5, 5.41) is 0. The van der Waals surface area contributed by atoms with Crippen LogP contribution < -0.4 is 5.73 Å². The van der Waals surface area contributed by atoms with Crippen molar-refractivity contribution in [3.63, 3.8) is 0 Å². The van der Waals surface area contributed by atoms with Crippen LogP contribution >= 0.6 is 0 Å². The standard InChI is InChI=1S/C8H21NO3Si/c1-4-6-11-13(8-9,10-3)12-7-5-2/h4-9H2,1-3H3. The van der Waals surface area contributed by atoms with Crippen LogP contribution in [0.15, 0.2) is 0 Å². The zero-order valence-electron chi connectivity index (χ0n) is 8.84. The van der Waals surface area contributed by atoms with Gasteiger partial charge in [0.25, 0.3) is 0 Å². The van der Waals surface area contributed by atoms with E-state index < -0.39 is 8.80 Å². The lowest BCUT2D eigenvalue weighted by atomic mass is 10.5. The summed E-state index contributed by atoms with van der Waals surface area (Å²) < 4.78 is 16.4. The Labute approximate surface area is 81.7 Å². The fourth-order valence-corrected chi connectivity index (χ4v) is 2.63. The lowest BCUT2D eigenvalue weighted by molar-refractivity contribution is 0.0789. The van der Waals surface area contributed by atoms with Crippen molar-refractivity contribution >= 4 is 8.80 Å². The molecule has 0 aromatic heterocycles. The summed E-state index contributed by atoms with van der Waals surface area (Å²) >= 11 is 0. The van der Waals surface area contributed by atoms with Crippen molar-refractivity contribution in [1.82, 2.24) is 0 Å². The number of rotatable bonds is 8. The van der Waals surface area contributed by atoms with Gasteiger partial charge < -0.3 is 19.0 Å². The van der Waals surface area contributed by atoms with Gasteiger partial charge in [0.15, 0.2) is 0 Å². The van der Waals surface area contributed by atoms with Crippen molar-refractivity contribution in [3.05, 3.63) is 0 Å².